The first-order valence-electron chi connectivity index (χ1n) is 7.31. The number of hydrogen-bond donors (Lipinski definition) is 1. The number of ether oxygens (including phenoxy) is 1. The summed E-state index contributed by atoms with van der Waals surface area (Å²) < 4.78 is 7.43. The van der Waals surface area contributed by atoms with Crippen LogP contribution in [0.15, 0.2) is 42.7 Å². The SMILES string of the molecule is c1cnn(Cc2ccc(NC3CCCOCC3)cc2)c1. The van der Waals surface area contributed by atoms with Crippen LogP contribution in [0.5, 0.6) is 0 Å². The Balaban J connectivity index is 1.58. The number of anilines is 1. The maximum atomic E-state index is 5.49. The first-order chi connectivity index (χ1) is 9.90. The van der Waals surface area contributed by atoms with Crippen LogP contribution in [0.4, 0.5) is 5.69 Å². The Hall–Kier alpha value is -1.81. The zero-order chi connectivity index (χ0) is 13.6. The van der Waals surface area contributed by atoms with Crippen molar-refractivity contribution < 1.29 is 4.74 Å². The number of nitrogens with one attached hydrogen (secondary N) is 1. The third kappa shape index (κ3) is 3.61. The third-order valence-corrected chi connectivity index (χ3v) is 3.68. The van der Waals surface area contributed by atoms with E-state index >= 15 is 0 Å². The summed E-state index contributed by atoms with van der Waals surface area (Å²) in [6.07, 6.45) is 7.22. The molecule has 4 heteroatoms. The molecule has 1 aromatic carbocycles. The second-order valence-electron chi connectivity index (χ2n) is 5.29. The third-order valence-electron chi connectivity index (χ3n) is 3.68. The van der Waals surface area contributed by atoms with Crippen molar-refractivity contribution >= 4 is 5.69 Å². The first-order valence-corrected chi connectivity index (χ1v) is 7.31. The van der Waals surface area contributed by atoms with Gasteiger partial charge in [0.05, 0.1) is 6.54 Å². The molecule has 0 bridgehead atoms. The summed E-state index contributed by atoms with van der Waals surface area (Å²) in [4.78, 5) is 0. The molecule has 1 saturated heterocycles. The minimum absolute atomic E-state index is 0.537. The number of aromatic nitrogens is 2. The van der Waals surface area contributed by atoms with Gasteiger partial charge < -0.3 is 10.1 Å². The van der Waals surface area contributed by atoms with Gasteiger partial charge in [0.2, 0.25) is 0 Å². The molecular formula is C16H21N3O. The van der Waals surface area contributed by atoms with Crippen molar-refractivity contribution in [3.05, 3.63) is 48.3 Å². The minimum atomic E-state index is 0.537. The van der Waals surface area contributed by atoms with Crippen LogP contribution in [0.25, 0.3) is 0 Å². The van der Waals surface area contributed by atoms with Gasteiger partial charge >= 0.3 is 0 Å². The van der Waals surface area contributed by atoms with Crippen LogP contribution in [-0.2, 0) is 11.3 Å². The van der Waals surface area contributed by atoms with Gasteiger partial charge in [-0.25, -0.2) is 0 Å². The molecule has 1 aliphatic rings. The van der Waals surface area contributed by atoms with Crippen molar-refractivity contribution in [2.24, 2.45) is 0 Å². The van der Waals surface area contributed by atoms with E-state index in [1.165, 1.54) is 17.7 Å². The molecule has 106 valence electrons. The fraction of sp³-hybridized carbons (Fsp3) is 0.438. The fourth-order valence-electron chi connectivity index (χ4n) is 2.57. The van der Waals surface area contributed by atoms with Crippen LogP contribution in [0.2, 0.25) is 0 Å². The number of nitrogens with zero attached hydrogens (tertiary/aromatic N) is 2. The second kappa shape index (κ2) is 6.57. The molecule has 1 fully saturated rings. The predicted molar refractivity (Wildman–Crippen MR) is 79.9 cm³/mol. The van der Waals surface area contributed by atoms with Gasteiger partial charge in [0, 0.05) is 37.3 Å². The van der Waals surface area contributed by atoms with E-state index in [1.54, 1.807) is 0 Å². The van der Waals surface area contributed by atoms with E-state index < -0.39 is 0 Å². The second-order valence-corrected chi connectivity index (χ2v) is 5.29. The minimum Gasteiger partial charge on any atom is -0.382 e. The molecule has 20 heavy (non-hydrogen) atoms. The molecule has 3 rings (SSSR count). The molecule has 1 unspecified atom stereocenters. The number of benzene rings is 1. The molecule has 0 saturated carbocycles. The van der Waals surface area contributed by atoms with E-state index in [9.17, 15) is 0 Å². The zero-order valence-electron chi connectivity index (χ0n) is 11.7. The van der Waals surface area contributed by atoms with Crippen molar-refractivity contribution in [2.45, 2.75) is 31.8 Å². The lowest BCUT2D eigenvalue weighted by molar-refractivity contribution is 0.144. The van der Waals surface area contributed by atoms with E-state index in [1.807, 2.05) is 23.1 Å². The molecule has 1 aromatic heterocycles. The summed E-state index contributed by atoms with van der Waals surface area (Å²) in [5.41, 5.74) is 2.46. The van der Waals surface area contributed by atoms with E-state index in [-0.39, 0.29) is 0 Å². The molecular weight excluding hydrogens is 250 g/mol. The molecule has 0 aliphatic carbocycles. The number of rotatable bonds is 4. The lowest BCUT2D eigenvalue weighted by Crippen LogP contribution is -2.19. The summed E-state index contributed by atoms with van der Waals surface area (Å²) >= 11 is 0. The average molecular weight is 271 g/mol. The average Bonchev–Trinajstić information content (AvgIpc) is 2.84. The Morgan fingerprint density at radius 1 is 1.20 bits per heavy atom. The summed E-state index contributed by atoms with van der Waals surface area (Å²) in [5, 5.41) is 7.83. The summed E-state index contributed by atoms with van der Waals surface area (Å²) in [5.74, 6) is 0. The molecule has 0 radical (unpaired) electrons. The van der Waals surface area contributed by atoms with Gasteiger partial charge in [-0.05, 0) is 43.0 Å². The highest BCUT2D eigenvalue weighted by molar-refractivity contribution is 5.45. The maximum Gasteiger partial charge on any atom is 0.0659 e. The van der Waals surface area contributed by atoms with Crippen LogP contribution >= 0.6 is 0 Å². The lowest BCUT2D eigenvalue weighted by atomic mass is 10.1. The van der Waals surface area contributed by atoms with E-state index in [2.05, 4.69) is 34.7 Å². The van der Waals surface area contributed by atoms with Gasteiger partial charge in [-0.15, -0.1) is 0 Å². The Kier molecular flexibility index (Phi) is 4.33. The highest BCUT2D eigenvalue weighted by Gasteiger charge is 2.11. The Bertz CT molecular complexity index is 499. The van der Waals surface area contributed by atoms with Crippen LogP contribution in [0.3, 0.4) is 0 Å². The fourth-order valence-corrected chi connectivity index (χ4v) is 2.57. The Morgan fingerprint density at radius 2 is 2.10 bits per heavy atom. The molecule has 2 heterocycles. The Morgan fingerprint density at radius 3 is 2.90 bits per heavy atom. The molecule has 1 N–H and O–H groups in total. The van der Waals surface area contributed by atoms with Crippen molar-refractivity contribution in [3.8, 4) is 0 Å². The maximum absolute atomic E-state index is 5.49. The Labute approximate surface area is 119 Å². The topological polar surface area (TPSA) is 39.1 Å². The van der Waals surface area contributed by atoms with Crippen molar-refractivity contribution in [1.29, 1.82) is 0 Å². The van der Waals surface area contributed by atoms with Crippen LogP contribution in [-0.4, -0.2) is 29.0 Å². The first kappa shape index (κ1) is 13.2. The molecule has 4 nitrogen and oxygen atoms in total. The van der Waals surface area contributed by atoms with Gasteiger partial charge in [0.25, 0.3) is 0 Å². The summed E-state index contributed by atoms with van der Waals surface area (Å²) in [6, 6.07) is 11.1. The molecule has 2 aromatic rings. The zero-order valence-corrected chi connectivity index (χ0v) is 11.7. The highest BCUT2D eigenvalue weighted by Crippen LogP contribution is 2.16. The van der Waals surface area contributed by atoms with Crippen LogP contribution in [0.1, 0.15) is 24.8 Å². The predicted octanol–water partition coefficient (Wildman–Crippen LogP) is 2.91. The van der Waals surface area contributed by atoms with Crippen molar-refractivity contribution in [3.63, 3.8) is 0 Å². The lowest BCUT2D eigenvalue weighted by Gasteiger charge is -2.17. The van der Waals surface area contributed by atoms with Crippen molar-refractivity contribution in [2.75, 3.05) is 18.5 Å². The van der Waals surface area contributed by atoms with Gasteiger partial charge in [-0.2, -0.15) is 5.10 Å². The standard InChI is InChI=1S/C16H21N3O/c1-3-15(8-12-20-11-1)18-16-6-4-14(5-7-16)13-19-10-2-9-17-19/h2,4-7,9-10,15,18H,1,3,8,11-13H2. The van der Waals surface area contributed by atoms with Gasteiger partial charge in [-0.1, -0.05) is 12.1 Å². The quantitative estimate of drug-likeness (QED) is 0.929. The van der Waals surface area contributed by atoms with Crippen LogP contribution in [0, 0.1) is 0 Å². The monoisotopic (exact) mass is 271 g/mol. The van der Waals surface area contributed by atoms with E-state index in [0.29, 0.717) is 6.04 Å². The smallest absolute Gasteiger partial charge is 0.0659 e. The van der Waals surface area contributed by atoms with E-state index in [0.717, 1.165) is 32.6 Å². The molecule has 0 amide bonds. The van der Waals surface area contributed by atoms with Crippen molar-refractivity contribution in [1.82, 2.24) is 9.78 Å². The summed E-state index contributed by atoms with van der Waals surface area (Å²) in [7, 11) is 0. The molecule has 1 aliphatic heterocycles. The summed E-state index contributed by atoms with van der Waals surface area (Å²) in [6.45, 7) is 2.60. The van der Waals surface area contributed by atoms with Gasteiger partial charge in [-0.3, -0.25) is 4.68 Å². The van der Waals surface area contributed by atoms with Gasteiger partial charge in [0.1, 0.15) is 0 Å². The normalized spacial score (nSPS) is 19.5. The highest BCUT2D eigenvalue weighted by atomic mass is 16.5. The van der Waals surface area contributed by atoms with Crippen LogP contribution < -0.4 is 5.32 Å². The molecule has 1 atom stereocenters. The van der Waals surface area contributed by atoms with Gasteiger partial charge in [0.15, 0.2) is 0 Å². The number of hydrogen-bond acceptors (Lipinski definition) is 3. The largest absolute Gasteiger partial charge is 0.382 e. The molecule has 0 spiro atoms. The van der Waals surface area contributed by atoms with E-state index in [4.69, 9.17) is 4.74 Å².